The van der Waals surface area contributed by atoms with Crippen molar-refractivity contribution in [2.24, 2.45) is 0 Å². The van der Waals surface area contributed by atoms with Gasteiger partial charge in [-0.25, -0.2) is 9.78 Å². The van der Waals surface area contributed by atoms with E-state index in [1.165, 1.54) is 0 Å². The summed E-state index contributed by atoms with van der Waals surface area (Å²) in [5.41, 5.74) is 0.713. The van der Waals surface area contributed by atoms with Crippen molar-refractivity contribution in [2.75, 3.05) is 38.8 Å². The van der Waals surface area contributed by atoms with Crippen LogP contribution < -0.4 is 14.4 Å². The molecule has 0 radical (unpaired) electrons. The Morgan fingerprint density at radius 1 is 1.15 bits per heavy atom. The van der Waals surface area contributed by atoms with Gasteiger partial charge >= 0.3 is 5.97 Å². The summed E-state index contributed by atoms with van der Waals surface area (Å²) in [7, 11) is 3.56. The topological polar surface area (TPSA) is 78.0 Å². The first-order chi connectivity index (χ1) is 12.6. The van der Waals surface area contributed by atoms with Crippen LogP contribution in [0.4, 0.5) is 5.82 Å². The Labute approximate surface area is 151 Å². The van der Waals surface area contributed by atoms with Crippen LogP contribution in [0.2, 0.25) is 0 Å². The summed E-state index contributed by atoms with van der Waals surface area (Å²) in [6, 6.07) is 8.21. The summed E-state index contributed by atoms with van der Waals surface area (Å²) in [5.74, 6) is 0.721. The molecule has 26 heavy (non-hydrogen) atoms. The summed E-state index contributed by atoms with van der Waals surface area (Å²) >= 11 is 0. The van der Waals surface area contributed by atoms with Crippen LogP contribution in [0.15, 0.2) is 36.5 Å². The van der Waals surface area contributed by atoms with Gasteiger partial charge in [-0.2, -0.15) is 0 Å². The van der Waals surface area contributed by atoms with Crippen molar-refractivity contribution in [3.8, 4) is 11.5 Å². The molecule has 3 rings (SSSR count). The Balaban J connectivity index is 1.68. The molecule has 0 N–H and O–H groups in total. The van der Waals surface area contributed by atoms with Crippen molar-refractivity contribution in [1.29, 1.82) is 0 Å². The third-order valence-electron chi connectivity index (χ3n) is 3.83. The number of benzene rings is 1. The number of Topliss-reactive ketones (excluding diaryl/α,β-unsaturated/α-hetero) is 1. The van der Waals surface area contributed by atoms with Crippen LogP contribution in [0.3, 0.4) is 0 Å². The van der Waals surface area contributed by atoms with E-state index in [2.05, 4.69) is 4.98 Å². The predicted octanol–water partition coefficient (Wildman–Crippen LogP) is 2.35. The lowest BCUT2D eigenvalue weighted by molar-refractivity contribution is 0.0475. The van der Waals surface area contributed by atoms with Crippen molar-refractivity contribution < 1.29 is 23.8 Å². The zero-order chi connectivity index (χ0) is 18.5. The molecule has 136 valence electrons. The van der Waals surface area contributed by atoms with Gasteiger partial charge in [0.1, 0.15) is 11.4 Å². The summed E-state index contributed by atoms with van der Waals surface area (Å²) in [6.45, 7) is 0.755. The highest BCUT2D eigenvalue weighted by Gasteiger charge is 2.18. The summed E-state index contributed by atoms with van der Waals surface area (Å²) < 4.78 is 16.3. The van der Waals surface area contributed by atoms with Crippen molar-refractivity contribution in [2.45, 2.75) is 6.42 Å². The molecule has 1 aliphatic heterocycles. The Kier molecular flexibility index (Phi) is 5.36. The Morgan fingerprint density at radius 3 is 2.69 bits per heavy atom. The van der Waals surface area contributed by atoms with Crippen molar-refractivity contribution in [1.82, 2.24) is 4.98 Å². The number of fused-ring (bicyclic) bond motifs is 1. The first kappa shape index (κ1) is 17.7. The van der Waals surface area contributed by atoms with Crippen LogP contribution >= 0.6 is 0 Å². The van der Waals surface area contributed by atoms with Gasteiger partial charge in [0.25, 0.3) is 0 Å². The van der Waals surface area contributed by atoms with E-state index in [4.69, 9.17) is 14.2 Å². The maximum Gasteiger partial charge on any atom is 0.342 e. The van der Waals surface area contributed by atoms with Crippen LogP contribution in [0.25, 0.3) is 0 Å². The molecular weight excluding hydrogens is 336 g/mol. The second kappa shape index (κ2) is 7.86. The molecule has 1 aliphatic rings. The number of carbonyl (C=O) groups is 2. The Bertz CT molecular complexity index is 819. The number of rotatable bonds is 5. The number of anilines is 1. The van der Waals surface area contributed by atoms with Gasteiger partial charge < -0.3 is 19.1 Å². The third-order valence-corrected chi connectivity index (χ3v) is 3.83. The van der Waals surface area contributed by atoms with E-state index in [-0.39, 0.29) is 12.4 Å². The molecule has 7 nitrogen and oxygen atoms in total. The lowest BCUT2D eigenvalue weighted by Gasteiger charge is -2.15. The van der Waals surface area contributed by atoms with Gasteiger partial charge in [-0.3, -0.25) is 4.79 Å². The molecule has 1 aromatic heterocycles. The number of ether oxygens (including phenoxy) is 3. The smallest absolute Gasteiger partial charge is 0.342 e. The first-order valence-corrected chi connectivity index (χ1v) is 8.28. The fourth-order valence-corrected chi connectivity index (χ4v) is 2.54. The molecular formula is C19H20N2O5. The lowest BCUT2D eigenvalue weighted by atomic mass is 10.1. The fourth-order valence-electron chi connectivity index (χ4n) is 2.54. The molecule has 0 fully saturated rings. The number of aromatic nitrogens is 1. The molecule has 0 saturated carbocycles. The van der Waals surface area contributed by atoms with Gasteiger partial charge in [0, 0.05) is 32.3 Å². The summed E-state index contributed by atoms with van der Waals surface area (Å²) in [6.07, 6.45) is 2.38. The molecule has 1 aromatic carbocycles. The molecule has 0 saturated heterocycles. The zero-order valence-corrected chi connectivity index (χ0v) is 14.7. The highest BCUT2D eigenvalue weighted by Crippen LogP contribution is 2.30. The van der Waals surface area contributed by atoms with E-state index in [1.54, 1.807) is 55.5 Å². The summed E-state index contributed by atoms with van der Waals surface area (Å²) in [5, 5.41) is 0. The Morgan fingerprint density at radius 2 is 1.92 bits per heavy atom. The normalized spacial score (nSPS) is 12.8. The van der Waals surface area contributed by atoms with Crippen molar-refractivity contribution in [3.05, 3.63) is 47.7 Å². The van der Waals surface area contributed by atoms with Crippen LogP contribution in [0.5, 0.6) is 11.5 Å². The lowest BCUT2D eigenvalue weighted by Crippen LogP contribution is -2.19. The molecule has 7 heteroatoms. The van der Waals surface area contributed by atoms with Crippen molar-refractivity contribution in [3.63, 3.8) is 0 Å². The van der Waals surface area contributed by atoms with Crippen LogP contribution in [0, 0.1) is 0 Å². The number of hydrogen-bond donors (Lipinski definition) is 0. The number of carbonyl (C=O) groups excluding carboxylic acids is 2. The van der Waals surface area contributed by atoms with Crippen LogP contribution in [-0.2, 0) is 4.74 Å². The fraction of sp³-hybridized carbons (Fsp3) is 0.316. The average Bonchev–Trinajstić information content (AvgIpc) is 2.90. The van der Waals surface area contributed by atoms with E-state index in [9.17, 15) is 9.59 Å². The second-order valence-electron chi connectivity index (χ2n) is 5.98. The number of esters is 1. The van der Waals surface area contributed by atoms with Crippen molar-refractivity contribution >= 4 is 17.6 Å². The second-order valence-corrected chi connectivity index (χ2v) is 5.98. The van der Waals surface area contributed by atoms with E-state index in [1.807, 2.05) is 0 Å². The molecule has 0 unspecified atom stereocenters. The maximum atomic E-state index is 12.4. The van der Waals surface area contributed by atoms with Gasteiger partial charge in [-0.15, -0.1) is 0 Å². The molecule has 0 bridgehead atoms. The maximum absolute atomic E-state index is 12.4. The highest BCUT2D eigenvalue weighted by atomic mass is 16.5. The number of hydrogen-bond acceptors (Lipinski definition) is 7. The molecule has 0 atom stereocenters. The number of pyridine rings is 1. The highest BCUT2D eigenvalue weighted by molar-refractivity contribution is 6.01. The molecule has 2 aromatic rings. The van der Waals surface area contributed by atoms with Crippen LogP contribution in [0.1, 0.15) is 27.1 Å². The predicted molar refractivity (Wildman–Crippen MR) is 95.2 cm³/mol. The van der Waals surface area contributed by atoms with Crippen LogP contribution in [-0.4, -0.2) is 50.7 Å². The zero-order valence-electron chi connectivity index (χ0n) is 14.7. The quantitative estimate of drug-likeness (QED) is 0.601. The molecule has 0 amide bonds. The molecule has 0 aliphatic carbocycles. The van der Waals surface area contributed by atoms with E-state index < -0.39 is 5.97 Å². The van der Waals surface area contributed by atoms with Gasteiger partial charge in [-0.05, 0) is 30.3 Å². The van der Waals surface area contributed by atoms with Gasteiger partial charge in [0.05, 0.1) is 13.2 Å². The van der Waals surface area contributed by atoms with Gasteiger partial charge in [0.2, 0.25) is 0 Å². The summed E-state index contributed by atoms with van der Waals surface area (Å²) in [4.78, 5) is 30.5. The largest absolute Gasteiger partial charge is 0.490 e. The van der Waals surface area contributed by atoms with E-state index in [0.29, 0.717) is 41.7 Å². The molecule has 0 spiro atoms. The Hall–Kier alpha value is -3.09. The standard InChI is InChI=1S/C19H20N2O5/c1-21(2)18-14(5-3-8-20-18)19(23)26-12-15(22)13-6-7-16-17(11-13)25-10-4-9-24-16/h3,5-8,11H,4,9-10,12H2,1-2H3. The minimum absolute atomic E-state index is 0.309. The SMILES string of the molecule is CN(C)c1ncccc1C(=O)OCC(=O)c1ccc2c(c1)OCCCO2. The monoisotopic (exact) mass is 356 g/mol. The average molecular weight is 356 g/mol. The first-order valence-electron chi connectivity index (χ1n) is 8.28. The third kappa shape index (κ3) is 3.93. The van der Waals surface area contributed by atoms with Gasteiger partial charge in [-0.1, -0.05) is 0 Å². The minimum Gasteiger partial charge on any atom is -0.490 e. The van der Waals surface area contributed by atoms with E-state index in [0.717, 1.165) is 6.42 Å². The number of ketones is 1. The molecule has 2 heterocycles. The van der Waals surface area contributed by atoms with Gasteiger partial charge in [0.15, 0.2) is 23.9 Å². The van der Waals surface area contributed by atoms with E-state index >= 15 is 0 Å². The number of nitrogens with zero attached hydrogens (tertiary/aromatic N) is 2. The minimum atomic E-state index is -0.593.